The summed E-state index contributed by atoms with van der Waals surface area (Å²) in [4.78, 5) is 21.0. The molecule has 142 valence electrons. The van der Waals surface area contributed by atoms with Crippen LogP contribution >= 0.6 is 0 Å². The summed E-state index contributed by atoms with van der Waals surface area (Å²) in [6, 6.07) is 12.4. The minimum atomic E-state index is -0.221. The Hall–Kier alpha value is -3.73. The standard InChI is InChI=1S/C20H21N7O/c1-13-9-14(2)27(26-13)19-11-18(24-15(3)25-19)22-7-8-23-20(28)17-6-4-5-16(10-17)12-21/h4-6,9-11H,7-8H2,1-3H3,(H,23,28)(H,22,24,25). The van der Waals surface area contributed by atoms with Crippen LogP contribution in [0.5, 0.6) is 0 Å². The number of nitriles is 1. The quantitative estimate of drug-likeness (QED) is 0.640. The van der Waals surface area contributed by atoms with Gasteiger partial charge in [0.25, 0.3) is 5.91 Å². The highest BCUT2D eigenvalue weighted by Gasteiger charge is 2.09. The fraction of sp³-hybridized carbons (Fsp3) is 0.250. The van der Waals surface area contributed by atoms with Crippen molar-refractivity contribution in [1.29, 1.82) is 5.26 Å². The van der Waals surface area contributed by atoms with E-state index in [0.717, 1.165) is 11.4 Å². The van der Waals surface area contributed by atoms with E-state index in [1.54, 1.807) is 28.9 Å². The lowest BCUT2D eigenvalue weighted by Crippen LogP contribution is -2.29. The smallest absolute Gasteiger partial charge is 0.251 e. The van der Waals surface area contributed by atoms with Crippen molar-refractivity contribution in [3.8, 4) is 11.9 Å². The van der Waals surface area contributed by atoms with Gasteiger partial charge in [0, 0.05) is 30.4 Å². The minimum Gasteiger partial charge on any atom is -0.368 e. The number of carbonyl (C=O) groups is 1. The van der Waals surface area contributed by atoms with Crippen molar-refractivity contribution < 1.29 is 4.79 Å². The van der Waals surface area contributed by atoms with Gasteiger partial charge in [0.05, 0.1) is 17.3 Å². The predicted octanol–water partition coefficient (Wildman–Crippen LogP) is 2.30. The van der Waals surface area contributed by atoms with Crippen LogP contribution in [0.4, 0.5) is 5.82 Å². The Morgan fingerprint density at radius 2 is 1.96 bits per heavy atom. The van der Waals surface area contributed by atoms with Gasteiger partial charge in [-0.3, -0.25) is 4.79 Å². The van der Waals surface area contributed by atoms with E-state index in [0.29, 0.717) is 41.7 Å². The fourth-order valence-electron chi connectivity index (χ4n) is 2.81. The first-order valence-electron chi connectivity index (χ1n) is 8.88. The average molecular weight is 375 g/mol. The Morgan fingerprint density at radius 3 is 2.68 bits per heavy atom. The molecule has 2 aromatic heterocycles. The summed E-state index contributed by atoms with van der Waals surface area (Å²) in [6.45, 7) is 6.64. The molecule has 0 unspecified atom stereocenters. The Kier molecular flexibility index (Phi) is 5.65. The van der Waals surface area contributed by atoms with Crippen molar-refractivity contribution >= 4 is 11.7 Å². The molecule has 28 heavy (non-hydrogen) atoms. The average Bonchev–Trinajstić information content (AvgIpc) is 3.03. The number of benzene rings is 1. The summed E-state index contributed by atoms with van der Waals surface area (Å²) in [5, 5.41) is 19.4. The van der Waals surface area contributed by atoms with Gasteiger partial charge in [-0.05, 0) is 45.0 Å². The number of rotatable bonds is 6. The van der Waals surface area contributed by atoms with E-state index < -0.39 is 0 Å². The zero-order valence-electron chi connectivity index (χ0n) is 16.0. The van der Waals surface area contributed by atoms with Gasteiger partial charge in [-0.25, -0.2) is 14.6 Å². The van der Waals surface area contributed by atoms with Crippen molar-refractivity contribution in [2.45, 2.75) is 20.8 Å². The normalized spacial score (nSPS) is 10.4. The van der Waals surface area contributed by atoms with Gasteiger partial charge in [0.1, 0.15) is 11.6 Å². The number of hydrogen-bond donors (Lipinski definition) is 2. The maximum absolute atomic E-state index is 12.2. The van der Waals surface area contributed by atoms with Crippen LogP contribution in [0.15, 0.2) is 36.4 Å². The molecule has 8 nitrogen and oxygen atoms in total. The van der Waals surface area contributed by atoms with Crippen LogP contribution in [0.3, 0.4) is 0 Å². The number of carbonyl (C=O) groups excluding carboxylic acids is 1. The van der Waals surface area contributed by atoms with E-state index in [2.05, 4.69) is 25.7 Å². The molecule has 0 aliphatic carbocycles. The molecular formula is C20H21N7O. The van der Waals surface area contributed by atoms with Gasteiger partial charge in [-0.15, -0.1) is 0 Å². The number of hydrogen-bond acceptors (Lipinski definition) is 6. The van der Waals surface area contributed by atoms with E-state index >= 15 is 0 Å². The zero-order chi connectivity index (χ0) is 20.1. The van der Waals surface area contributed by atoms with Crippen molar-refractivity contribution in [3.63, 3.8) is 0 Å². The van der Waals surface area contributed by atoms with Crippen LogP contribution in [-0.4, -0.2) is 38.7 Å². The minimum absolute atomic E-state index is 0.221. The second kappa shape index (κ2) is 8.31. The third-order valence-corrected chi connectivity index (χ3v) is 4.02. The predicted molar refractivity (Wildman–Crippen MR) is 105 cm³/mol. The Balaban J connectivity index is 1.60. The maximum atomic E-state index is 12.2. The number of anilines is 1. The number of nitrogens with zero attached hydrogens (tertiary/aromatic N) is 5. The Labute approximate surface area is 163 Å². The number of aryl methyl sites for hydroxylation is 3. The summed E-state index contributed by atoms with van der Waals surface area (Å²) in [7, 11) is 0. The van der Waals surface area contributed by atoms with Crippen molar-refractivity contribution in [3.05, 3.63) is 64.7 Å². The summed E-state index contributed by atoms with van der Waals surface area (Å²) >= 11 is 0. The second-order valence-electron chi connectivity index (χ2n) is 6.37. The van der Waals surface area contributed by atoms with Gasteiger partial charge in [0.2, 0.25) is 0 Å². The molecule has 2 N–H and O–H groups in total. The van der Waals surface area contributed by atoms with Gasteiger partial charge in [0.15, 0.2) is 5.82 Å². The van der Waals surface area contributed by atoms with Crippen molar-refractivity contribution in [2.24, 2.45) is 0 Å². The molecule has 0 radical (unpaired) electrons. The molecule has 8 heteroatoms. The maximum Gasteiger partial charge on any atom is 0.251 e. The highest BCUT2D eigenvalue weighted by molar-refractivity contribution is 5.94. The van der Waals surface area contributed by atoms with Crippen LogP contribution in [-0.2, 0) is 0 Å². The lowest BCUT2D eigenvalue weighted by molar-refractivity contribution is 0.0955. The lowest BCUT2D eigenvalue weighted by Gasteiger charge is -2.10. The molecule has 0 aliphatic heterocycles. The molecule has 2 heterocycles. The highest BCUT2D eigenvalue weighted by Crippen LogP contribution is 2.13. The van der Waals surface area contributed by atoms with Crippen LogP contribution in [0, 0.1) is 32.1 Å². The molecule has 0 saturated carbocycles. The number of amides is 1. The van der Waals surface area contributed by atoms with E-state index in [1.165, 1.54) is 0 Å². The van der Waals surface area contributed by atoms with E-state index in [1.807, 2.05) is 39.0 Å². The van der Waals surface area contributed by atoms with E-state index in [-0.39, 0.29) is 5.91 Å². The van der Waals surface area contributed by atoms with E-state index in [4.69, 9.17) is 5.26 Å². The molecule has 0 aliphatic rings. The molecule has 0 bridgehead atoms. The molecule has 3 aromatic rings. The first-order valence-corrected chi connectivity index (χ1v) is 8.88. The van der Waals surface area contributed by atoms with Crippen LogP contribution in [0.1, 0.15) is 33.1 Å². The van der Waals surface area contributed by atoms with Gasteiger partial charge >= 0.3 is 0 Å². The largest absolute Gasteiger partial charge is 0.368 e. The zero-order valence-corrected chi connectivity index (χ0v) is 16.0. The monoisotopic (exact) mass is 375 g/mol. The first kappa shape index (κ1) is 19.0. The third kappa shape index (κ3) is 4.51. The van der Waals surface area contributed by atoms with E-state index in [9.17, 15) is 4.79 Å². The van der Waals surface area contributed by atoms with Crippen LogP contribution in [0.2, 0.25) is 0 Å². The molecule has 1 amide bonds. The molecule has 0 atom stereocenters. The molecule has 0 saturated heterocycles. The van der Waals surface area contributed by atoms with Gasteiger partial charge in [-0.2, -0.15) is 10.4 Å². The van der Waals surface area contributed by atoms with Gasteiger partial charge < -0.3 is 10.6 Å². The van der Waals surface area contributed by atoms with Gasteiger partial charge in [-0.1, -0.05) is 6.07 Å². The third-order valence-electron chi connectivity index (χ3n) is 4.02. The van der Waals surface area contributed by atoms with Crippen molar-refractivity contribution in [1.82, 2.24) is 25.1 Å². The summed E-state index contributed by atoms with van der Waals surface area (Å²) in [5.41, 5.74) is 2.84. The Bertz CT molecular complexity index is 1050. The Morgan fingerprint density at radius 1 is 1.14 bits per heavy atom. The molecule has 0 spiro atoms. The summed E-state index contributed by atoms with van der Waals surface area (Å²) in [6.07, 6.45) is 0. The summed E-state index contributed by atoms with van der Waals surface area (Å²) < 4.78 is 1.78. The van der Waals surface area contributed by atoms with Crippen LogP contribution < -0.4 is 10.6 Å². The SMILES string of the molecule is Cc1cc(C)n(-c2cc(NCCNC(=O)c3cccc(C#N)c3)nc(C)n2)n1. The number of nitrogens with one attached hydrogen (secondary N) is 2. The molecule has 3 rings (SSSR count). The molecule has 0 fully saturated rings. The van der Waals surface area contributed by atoms with Crippen LogP contribution in [0.25, 0.3) is 5.82 Å². The summed E-state index contributed by atoms with van der Waals surface area (Å²) in [5.74, 6) is 1.76. The lowest BCUT2D eigenvalue weighted by atomic mass is 10.1. The first-order chi connectivity index (χ1) is 13.5. The van der Waals surface area contributed by atoms with Crippen molar-refractivity contribution in [2.75, 3.05) is 18.4 Å². The number of aromatic nitrogens is 4. The fourth-order valence-corrected chi connectivity index (χ4v) is 2.81. The molecular weight excluding hydrogens is 354 g/mol. The topological polar surface area (TPSA) is 109 Å². The highest BCUT2D eigenvalue weighted by atomic mass is 16.1. The second-order valence-corrected chi connectivity index (χ2v) is 6.37. The molecule has 1 aromatic carbocycles.